The molecule has 3 aromatic rings. The van der Waals surface area contributed by atoms with Crippen LogP contribution in [0.5, 0.6) is 5.75 Å². The molecule has 1 fully saturated rings. The number of benzene rings is 2. The van der Waals surface area contributed by atoms with Crippen molar-refractivity contribution < 1.29 is 22.7 Å². The van der Waals surface area contributed by atoms with Gasteiger partial charge in [0.25, 0.3) is 5.91 Å². The van der Waals surface area contributed by atoms with E-state index < -0.39 is 10.0 Å². The first-order chi connectivity index (χ1) is 18.6. The van der Waals surface area contributed by atoms with E-state index in [2.05, 4.69) is 18.7 Å². The Kier molecular flexibility index (Phi) is 9.51. The number of hydrogen-bond donors (Lipinski definition) is 0. The van der Waals surface area contributed by atoms with Crippen LogP contribution >= 0.6 is 22.9 Å². The predicted molar refractivity (Wildman–Crippen MR) is 156 cm³/mol. The molecule has 2 unspecified atom stereocenters. The second-order valence-corrected chi connectivity index (χ2v) is 12.8. The third kappa shape index (κ3) is 6.39. The zero-order valence-corrected chi connectivity index (χ0v) is 25.3. The van der Waals surface area contributed by atoms with Crippen molar-refractivity contribution in [1.82, 2.24) is 14.2 Å². The van der Waals surface area contributed by atoms with Gasteiger partial charge in [-0.05, 0) is 63.3 Å². The monoisotopic (exact) mass is 594 g/mol. The quantitative estimate of drug-likeness (QED) is 0.335. The van der Waals surface area contributed by atoms with Crippen LogP contribution in [0.1, 0.15) is 38.1 Å². The summed E-state index contributed by atoms with van der Waals surface area (Å²) in [5.41, 5.74) is 0.968. The molecular weight excluding hydrogens is 560 g/mol. The first-order valence-corrected chi connectivity index (χ1v) is 15.6. The number of thiazole rings is 1. The molecule has 2 heterocycles. The number of nitrogens with zero attached hydrogens (tertiary/aromatic N) is 4. The van der Waals surface area contributed by atoms with Gasteiger partial charge in [-0.2, -0.15) is 4.31 Å². The molecule has 212 valence electrons. The first-order valence-electron chi connectivity index (χ1n) is 13.0. The molecule has 12 heteroatoms. The lowest BCUT2D eigenvalue weighted by atomic mass is 10.2. The molecule has 1 aliphatic heterocycles. The number of likely N-dealkylation sites (N-methyl/N-ethyl adjacent to an activating group) is 1. The average Bonchev–Trinajstić information content (AvgIpc) is 3.37. The molecule has 2 aromatic carbocycles. The smallest absolute Gasteiger partial charge is 0.260 e. The number of hydrogen-bond acceptors (Lipinski definition) is 8. The number of morpholine rings is 1. The summed E-state index contributed by atoms with van der Waals surface area (Å²) in [6, 6.07) is 9.62. The van der Waals surface area contributed by atoms with Crippen LogP contribution in [0.4, 0.5) is 5.13 Å². The van der Waals surface area contributed by atoms with Gasteiger partial charge in [0.05, 0.1) is 33.9 Å². The molecule has 0 saturated carbocycles. The normalized spacial score (nSPS) is 18.5. The highest BCUT2D eigenvalue weighted by Crippen LogP contribution is 2.39. The van der Waals surface area contributed by atoms with Gasteiger partial charge in [0.1, 0.15) is 11.3 Å². The number of amides is 1. The van der Waals surface area contributed by atoms with Gasteiger partial charge >= 0.3 is 0 Å². The van der Waals surface area contributed by atoms with Crippen molar-refractivity contribution in [1.29, 1.82) is 0 Å². The van der Waals surface area contributed by atoms with E-state index in [4.69, 9.17) is 26.1 Å². The number of halogens is 1. The fourth-order valence-corrected chi connectivity index (χ4v) is 7.56. The highest BCUT2D eigenvalue weighted by atomic mass is 35.5. The van der Waals surface area contributed by atoms with Crippen LogP contribution in [-0.4, -0.2) is 87.1 Å². The van der Waals surface area contributed by atoms with Gasteiger partial charge in [0, 0.05) is 31.7 Å². The third-order valence-electron chi connectivity index (χ3n) is 6.80. The summed E-state index contributed by atoms with van der Waals surface area (Å²) >= 11 is 7.78. The Balaban J connectivity index is 1.65. The van der Waals surface area contributed by atoms with E-state index in [-0.39, 0.29) is 36.1 Å². The van der Waals surface area contributed by atoms with E-state index in [1.54, 1.807) is 36.3 Å². The minimum absolute atomic E-state index is 0.145. The summed E-state index contributed by atoms with van der Waals surface area (Å²) in [4.78, 5) is 22.6. The lowest BCUT2D eigenvalue weighted by molar-refractivity contribution is -0.0440. The van der Waals surface area contributed by atoms with Crippen LogP contribution in [0.15, 0.2) is 41.3 Å². The molecule has 9 nitrogen and oxygen atoms in total. The van der Waals surface area contributed by atoms with Crippen molar-refractivity contribution in [2.45, 2.75) is 44.8 Å². The van der Waals surface area contributed by atoms with Gasteiger partial charge in [-0.25, -0.2) is 13.4 Å². The Hall–Kier alpha value is -2.28. The van der Waals surface area contributed by atoms with Crippen molar-refractivity contribution in [3.8, 4) is 5.75 Å². The maximum atomic E-state index is 13.8. The third-order valence-corrected chi connectivity index (χ3v) is 10.2. The Labute approximate surface area is 239 Å². The number of aromatic nitrogens is 1. The molecule has 0 N–H and O–H groups in total. The van der Waals surface area contributed by atoms with E-state index in [1.165, 1.54) is 27.8 Å². The maximum Gasteiger partial charge on any atom is 0.260 e. The molecule has 1 saturated heterocycles. The predicted octanol–water partition coefficient (Wildman–Crippen LogP) is 4.74. The topological polar surface area (TPSA) is 92.3 Å². The number of rotatable bonds is 10. The van der Waals surface area contributed by atoms with E-state index in [0.717, 1.165) is 17.8 Å². The fourth-order valence-electron chi connectivity index (χ4n) is 4.69. The summed E-state index contributed by atoms with van der Waals surface area (Å²) in [7, 11) is -2.15. The summed E-state index contributed by atoms with van der Waals surface area (Å²) < 4.78 is 39.9. The highest BCUT2D eigenvalue weighted by Gasteiger charge is 2.32. The molecule has 1 aliphatic rings. The number of methoxy groups -OCH3 is 1. The first kappa shape index (κ1) is 29.7. The second kappa shape index (κ2) is 12.5. The molecule has 1 amide bonds. The zero-order valence-electron chi connectivity index (χ0n) is 22.9. The second-order valence-electron chi connectivity index (χ2n) is 9.51. The number of ether oxygens (including phenoxy) is 2. The van der Waals surface area contributed by atoms with Gasteiger partial charge in [-0.3, -0.25) is 9.69 Å². The van der Waals surface area contributed by atoms with E-state index >= 15 is 0 Å². The van der Waals surface area contributed by atoms with Gasteiger partial charge in [-0.1, -0.05) is 36.8 Å². The Morgan fingerprint density at radius 2 is 1.74 bits per heavy atom. The molecular formula is C27H35ClN4O5S2. The van der Waals surface area contributed by atoms with E-state index in [1.807, 2.05) is 13.8 Å². The van der Waals surface area contributed by atoms with Crippen LogP contribution < -0.4 is 9.64 Å². The number of fused-ring (bicyclic) bond motifs is 1. The summed E-state index contributed by atoms with van der Waals surface area (Å²) in [6.07, 6.45) is -0.380. The lowest BCUT2D eigenvalue weighted by Crippen LogP contribution is -2.48. The van der Waals surface area contributed by atoms with Gasteiger partial charge in [-0.15, -0.1) is 0 Å². The van der Waals surface area contributed by atoms with Crippen molar-refractivity contribution in [2.75, 3.05) is 51.3 Å². The van der Waals surface area contributed by atoms with Crippen LogP contribution in [0.2, 0.25) is 5.02 Å². The summed E-state index contributed by atoms with van der Waals surface area (Å²) in [6.45, 7) is 11.2. The average molecular weight is 595 g/mol. The lowest BCUT2D eigenvalue weighted by Gasteiger charge is -2.34. The van der Waals surface area contributed by atoms with Crippen molar-refractivity contribution >= 4 is 54.2 Å². The SMILES string of the molecule is CCN(CC)CCN(C(=O)c1ccc(S(=O)(=O)N2CC(C)OC(C)C2)cc1)c1nc2c(OC)ccc(Cl)c2s1. The standard InChI is InChI=1S/C27H35ClN4O5S2/c1-6-30(7-2)14-15-32(27-29-24-23(36-5)13-12-22(28)25(24)38-27)26(33)20-8-10-21(11-9-20)39(34,35)31-16-18(3)37-19(4)17-31/h8-13,18-19H,6-7,14-17H2,1-5H3. The number of carbonyl (C=O) groups is 1. The van der Waals surface area contributed by atoms with Crippen LogP contribution in [-0.2, 0) is 14.8 Å². The largest absolute Gasteiger partial charge is 0.494 e. The molecule has 0 spiro atoms. The maximum absolute atomic E-state index is 13.8. The van der Waals surface area contributed by atoms with E-state index in [0.29, 0.717) is 40.1 Å². The molecule has 0 bridgehead atoms. The number of carbonyl (C=O) groups excluding carboxylic acids is 1. The van der Waals surface area contributed by atoms with Crippen LogP contribution in [0.3, 0.4) is 0 Å². The number of anilines is 1. The van der Waals surface area contributed by atoms with Crippen molar-refractivity contribution in [3.63, 3.8) is 0 Å². The van der Waals surface area contributed by atoms with Crippen LogP contribution in [0, 0.1) is 0 Å². The minimum atomic E-state index is -3.72. The Bertz CT molecular complexity index is 1400. The van der Waals surface area contributed by atoms with E-state index in [9.17, 15) is 13.2 Å². The molecule has 0 aliphatic carbocycles. The minimum Gasteiger partial charge on any atom is -0.494 e. The molecule has 1 aromatic heterocycles. The molecule has 4 rings (SSSR count). The molecule has 2 atom stereocenters. The summed E-state index contributed by atoms with van der Waals surface area (Å²) in [5, 5.41) is 1.04. The van der Waals surface area contributed by atoms with Gasteiger partial charge in [0.2, 0.25) is 10.0 Å². The van der Waals surface area contributed by atoms with Crippen molar-refractivity contribution in [3.05, 3.63) is 47.0 Å². The highest BCUT2D eigenvalue weighted by molar-refractivity contribution is 7.89. The molecule has 39 heavy (non-hydrogen) atoms. The summed E-state index contributed by atoms with van der Waals surface area (Å²) in [5.74, 6) is 0.309. The van der Waals surface area contributed by atoms with Gasteiger partial charge in [0.15, 0.2) is 5.13 Å². The Morgan fingerprint density at radius 1 is 1.10 bits per heavy atom. The molecule has 0 radical (unpaired) electrons. The Morgan fingerprint density at radius 3 is 2.33 bits per heavy atom. The fraction of sp³-hybridized carbons (Fsp3) is 0.481. The van der Waals surface area contributed by atoms with Gasteiger partial charge < -0.3 is 14.4 Å². The van der Waals surface area contributed by atoms with Crippen LogP contribution in [0.25, 0.3) is 10.2 Å². The zero-order chi connectivity index (χ0) is 28.3. The number of sulfonamides is 1. The van der Waals surface area contributed by atoms with Crippen molar-refractivity contribution in [2.24, 2.45) is 0 Å².